The van der Waals surface area contributed by atoms with E-state index in [1.165, 1.54) is 11.3 Å². The molecule has 1 N–H and O–H groups in total. The monoisotopic (exact) mass is 305 g/mol. The van der Waals surface area contributed by atoms with E-state index in [1.54, 1.807) is 0 Å². The molecule has 21 heavy (non-hydrogen) atoms. The smallest absolute Gasteiger partial charge is 0.308 e. The summed E-state index contributed by atoms with van der Waals surface area (Å²) in [6.07, 6.45) is 1.84. The molecule has 0 aliphatic carbocycles. The second kappa shape index (κ2) is 5.73. The molecule has 0 amide bonds. The average molecular weight is 305 g/mol. The van der Waals surface area contributed by atoms with Gasteiger partial charge in [0, 0.05) is 10.4 Å². The topological polar surface area (TPSA) is 68.7 Å². The zero-order valence-corrected chi connectivity index (χ0v) is 12.4. The summed E-state index contributed by atoms with van der Waals surface area (Å²) in [6.45, 7) is 2.30. The molecule has 1 aliphatic heterocycles. The maximum atomic E-state index is 11.0. The lowest BCUT2D eigenvalue weighted by atomic mass is 10.1. The second-order valence-electron chi connectivity index (χ2n) is 4.77. The van der Waals surface area contributed by atoms with Crippen LogP contribution >= 0.6 is 11.3 Å². The lowest BCUT2D eigenvalue weighted by molar-refractivity contribution is -0.136. The van der Waals surface area contributed by atoms with Crippen LogP contribution in [0, 0.1) is 0 Å². The molecule has 1 aromatic heterocycles. The minimum atomic E-state index is -0.844. The van der Waals surface area contributed by atoms with Crippen LogP contribution in [-0.4, -0.2) is 22.9 Å². The van der Waals surface area contributed by atoms with E-state index >= 15 is 0 Å². The zero-order chi connectivity index (χ0) is 14.8. The van der Waals surface area contributed by atoms with Gasteiger partial charge >= 0.3 is 5.97 Å². The van der Waals surface area contributed by atoms with Gasteiger partial charge in [-0.25, -0.2) is 4.98 Å². The van der Waals surface area contributed by atoms with Crippen LogP contribution < -0.4 is 9.47 Å². The Morgan fingerprint density at radius 3 is 2.95 bits per heavy atom. The minimum Gasteiger partial charge on any atom is -0.481 e. The Morgan fingerprint density at radius 1 is 1.38 bits per heavy atom. The fraction of sp³-hybridized carbons (Fsp3) is 0.333. The summed E-state index contributed by atoms with van der Waals surface area (Å²) in [4.78, 5) is 16.4. The van der Waals surface area contributed by atoms with Gasteiger partial charge in [0.15, 0.2) is 11.5 Å². The number of hydrogen-bond donors (Lipinski definition) is 1. The maximum Gasteiger partial charge on any atom is 0.308 e. The molecular weight excluding hydrogens is 290 g/mol. The van der Waals surface area contributed by atoms with Gasteiger partial charge < -0.3 is 14.6 Å². The highest BCUT2D eigenvalue weighted by Gasteiger charge is 2.19. The number of aromatic nitrogens is 1. The van der Waals surface area contributed by atoms with Gasteiger partial charge in [-0.15, -0.1) is 11.3 Å². The highest BCUT2D eigenvalue weighted by atomic mass is 32.1. The number of hydrogen-bond acceptors (Lipinski definition) is 5. The minimum absolute atomic E-state index is 0.00877. The van der Waals surface area contributed by atoms with Crippen LogP contribution in [0.5, 0.6) is 11.5 Å². The van der Waals surface area contributed by atoms with Crippen molar-refractivity contribution in [2.24, 2.45) is 0 Å². The number of benzene rings is 1. The molecular formula is C15H15NO4S. The summed E-state index contributed by atoms with van der Waals surface area (Å²) in [5.41, 5.74) is 1.61. The van der Waals surface area contributed by atoms with E-state index in [9.17, 15) is 4.79 Å². The molecule has 0 saturated heterocycles. The molecule has 1 aromatic carbocycles. The van der Waals surface area contributed by atoms with Crippen LogP contribution in [0.1, 0.15) is 23.2 Å². The van der Waals surface area contributed by atoms with Crippen molar-refractivity contribution in [3.63, 3.8) is 0 Å². The Bertz CT molecular complexity index is 680. The van der Waals surface area contributed by atoms with E-state index in [1.807, 2.05) is 18.2 Å². The van der Waals surface area contributed by atoms with Crippen molar-refractivity contribution in [1.82, 2.24) is 4.98 Å². The third-order valence-electron chi connectivity index (χ3n) is 3.16. The Labute approximate surface area is 126 Å². The van der Waals surface area contributed by atoms with Crippen molar-refractivity contribution in [2.45, 2.75) is 26.2 Å². The van der Waals surface area contributed by atoms with E-state index in [0.29, 0.717) is 11.5 Å². The molecule has 0 saturated carbocycles. The Kier molecular flexibility index (Phi) is 3.79. The molecule has 5 nitrogen and oxygen atoms in total. The number of carbonyl (C=O) groups is 1. The lowest BCUT2D eigenvalue weighted by Crippen LogP contribution is -1.99. The predicted molar refractivity (Wildman–Crippen MR) is 79.0 cm³/mol. The van der Waals surface area contributed by atoms with Crippen LogP contribution in [0.3, 0.4) is 0 Å². The van der Waals surface area contributed by atoms with Gasteiger partial charge in [0.25, 0.3) is 0 Å². The molecule has 2 aromatic rings. The number of rotatable bonds is 5. The van der Waals surface area contributed by atoms with Crippen molar-refractivity contribution in [2.75, 3.05) is 6.79 Å². The van der Waals surface area contributed by atoms with Gasteiger partial charge in [0.2, 0.25) is 6.79 Å². The van der Waals surface area contributed by atoms with Crippen molar-refractivity contribution in [3.05, 3.63) is 28.1 Å². The molecule has 0 spiro atoms. The van der Waals surface area contributed by atoms with E-state index in [-0.39, 0.29) is 13.2 Å². The maximum absolute atomic E-state index is 11.0. The van der Waals surface area contributed by atoms with Gasteiger partial charge in [-0.1, -0.05) is 6.92 Å². The fourth-order valence-corrected chi connectivity index (χ4v) is 3.43. The van der Waals surface area contributed by atoms with Crippen molar-refractivity contribution >= 4 is 17.3 Å². The molecule has 0 bridgehead atoms. The number of carboxylic acids is 1. The Balaban J connectivity index is 2.01. The molecule has 0 radical (unpaired) electrons. The van der Waals surface area contributed by atoms with Gasteiger partial charge in [-0.2, -0.15) is 0 Å². The first-order valence-corrected chi connectivity index (χ1v) is 7.59. The summed E-state index contributed by atoms with van der Waals surface area (Å²) in [7, 11) is 0. The van der Waals surface area contributed by atoms with E-state index in [0.717, 1.165) is 34.0 Å². The highest BCUT2D eigenvalue weighted by molar-refractivity contribution is 7.12. The standard InChI is InChI=1S/C15H15NO4S/c1-2-3-13-16-15(12(21-13)7-14(17)18)9-4-5-10-11(6-9)20-8-19-10/h4-6H,2-3,7-8H2,1H3,(H,17,18). The van der Waals surface area contributed by atoms with Gasteiger partial charge in [0.1, 0.15) is 0 Å². The third kappa shape index (κ3) is 2.85. The normalized spacial score (nSPS) is 12.6. The number of aryl methyl sites for hydroxylation is 1. The number of nitrogens with zero attached hydrogens (tertiary/aromatic N) is 1. The van der Waals surface area contributed by atoms with E-state index in [4.69, 9.17) is 14.6 Å². The second-order valence-corrected chi connectivity index (χ2v) is 5.94. The van der Waals surface area contributed by atoms with Crippen LogP contribution in [0.25, 0.3) is 11.3 Å². The first-order chi connectivity index (χ1) is 10.2. The Morgan fingerprint density at radius 2 is 2.19 bits per heavy atom. The number of fused-ring (bicyclic) bond motifs is 1. The van der Waals surface area contributed by atoms with Gasteiger partial charge in [-0.05, 0) is 31.0 Å². The summed E-state index contributed by atoms with van der Waals surface area (Å²) in [5, 5.41) is 10.0. The van der Waals surface area contributed by atoms with Crippen LogP contribution in [-0.2, 0) is 17.6 Å². The fourth-order valence-electron chi connectivity index (χ4n) is 2.25. The van der Waals surface area contributed by atoms with Gasteiger partial charge in [0.05, 0.1) is 17.1 Å². The SMILES string of the molecule is CCCc1nc(-c2ccc3c(c2)OCO3)c(CC(=O)O)s1. The summed E-state index contributed by atoms with van der Waals surface area (Å²) in [6, 6.07) is 5.59. The number of ether oxygens (including phenoxy) is 2. The number of thiazole rings is 1. The van der Waals surface area contributed by atoms with Crippen molar-refractivity contribution in [1.29, 1.82) is 0 Å². The molecule has 0 atom stereocenters. The van der Waals surface area contributed by atoms with Crippen LogP contribution in [0.4, 0.5) is 0 Å². The predicted octanol–water partition coefficient (Wildman–Crippen LogP) is 3.12. The van der Waals surface area contributed by atoms with Crippen LogP contribution in [0.15, 0.2) is 18.2 Å². The van der Waals surface area contributed by atoms with Gasteiger partial charge in [-0.3, -0.25) is 4.79 Å². The van der Waals surface area contributed by atoms with Crippen LogP contribution in [0.2, 0.25) is 0 Å². The third-order valence-corrected chi connectivity index (χ3v) is 4.28. The molecule has 3 rings (SSSR count). The molecule has 6 heteroatoms. The average Bonchev–Trinajstić information content (AvgIpc) is 3.04. The zero-order valence-electron chi connectivity index (χ0n) is 11.6. The molecule has 1 aliphatic rings. The highest BCUT2D eigenvalue weighted by Crippen LogP contribution is 2.38. The summed E-state index contributed by atoms with van der Waals surface area (Å²) in [5.74, 6) is 0.546. The largest absolute Gasteiger partial charge is 0.481 e. The first kappa shape index (κ1) is 13.9. The molecule has 110 valence electrons. The molecule has 0 fully saturated rings. The molecule has 0 unspecified atom stereocenters. The van der Waals surface area contributed by atoms with E-state index < -0.39 is 5.97 Å². The van der Waals surface area contributed by atoms with E-state index in [2.05, 4.69) is 11.9 Å². The Hall–Kier alpha value is -2.08. The quantitative estimate of drug-likeness (QED) is 0.919. The summed E-state index contributed by atoms with van der Waals surface area (Å²) < 4.78 is 10.7. The molecule has 2 heterocycles. The van der Waals surface area contributed by atoms with Crippen molar-refractivity contribution in [3.8, 4) is 22.8 Å². The summed E-state index contributed by atoms with van der Waals surface area (Å²) >= 11 is 1.48. The lowest BCUT2D eigenvalue weighted by Gasteiger charge is -2.02. The number of aliphatic carboxylic acids is 1. The first-order valence-electron chi connectivity index (χ1n) is 6.77. The van der Waals surface area contributed by atoms with Crippen molar-refractivity contribution < 1.29 is 19.4 Å². The number of carboxylic acid groups (broad SMARTS) is 1.